The maximum Gasteiger partial charge on any atom is 0.0818 e. The van der Waals surface area contributed by atoms with E-state index in [0.29, 0.717) is 0 Å². The van der Waals surface area contributed by atoms with E-state index in [9.17, 15) is 0 Å². The summed E-state index contributed by atoms with van der Waals surface area (Å²) in [6.07, 6.45) is 5.87. The average Bonchev–Trinajstić information content (AvgIpc) is 2.49. The fraction of sp³-hybridized carbons (Fsp3) is 0.353. The minimum Gasteiger partial charge on any atom is -0.309 e. The predicted octanol–water partition coefficient (Wildman–Crippen LogP) is 3.67. The molecule has 0 aliphatic carbocycles. The van der Waals surface area contributed by atoms with Crippen LogP contribution in [-0.4, -0.2) is 25.1 Å². The van der Waals surface area contributed by atoms with E-state index >= 15 is 0 Å². The van der Waals surface area contributed by atoms with Crippen LogP contribution in [0.25, 0.3) is 11.3 Å². The van der Waals surface area contributed by atoms with Crippen molar-refractivity contribution in [3.05, 3.63) is 48.7 Å². The molecule has 1 aliphatic heterocycles. The molecule has 1 saturated heterocycles. The first-order valence-electron chi connectivity index (χ1n) is 7.06. The number of pyridine rings is 1. The molecule has 3 heteroatoms. The zero-order valence-electron chi connectivity index (χ0n) is 11.8. The largest absolute Gasteiger partial charge is 0.309 e. The van der Waals surface area contributed by atoms with Crippen molar-refractivity contribution in [2.24, 2.45) is 0 Å². The molecule has 3 rings (SSSR count). The summed E-state index contributed by atoms with van der Waals surface area (Å²) in [6.45, 7) is 2.48. The number of likely N-dealkylation sites (tertiary alicyclic amines) is 1. The van der Waals surface area contributed by atoms with Crippen molar-refractivity contribution in [3.8, 4) is 11.3 Å². The molecule has 0 unspecified atom stereocenters. The monoisotopic (exact) mass is 445 g/mol. The van der Waals surface area contributed by atoms with E-state index in [2.05, 4.69) is 30.2 Å². The van der Waals surface area contributed by atoms with Gasteiger partial charge in [0.05, 0.1) is 25.8 Å². The molecule has 0 N–H and O–H groups in total. The third-order valence-electron chi connectivity index (χ3n) is 4.15. The Labute approximate surface area is 134 Å². The molecule has 2 heterocycles. The van der Waals surface area contributed by atoms with Crippen LogP contribution in [0.3, 0.4) is 0 Å². The smallest absolute Gasteiger partial charge is 0.0818 e. The molecule has 2 nitrogen and oxygen atoms in total. The van der Waals surface area contributed by atoms with Gasteiger partial charge >= 0.3 is 0 Å². The molecule has 0 saturated carbocycles. The summed E-state index contributed by atoms with van der Waals surface area (Å²) < 4.78 is 1.05. The average molecular weight is 445 g/mol. The number of quaternary nitrogens is 1. The molecule has 0 atom stereocenters. The molecule has 1 fully saturated rings. The quantitative estimate of drug-likeness (QED) is 0.509. The van der Waals surface area contributed by atoms with Crippen molar-refractivity contribution in [1.29, 1.82) is 0 Å². The Bertz CT molecular complexity index is 548. The van der Waals surface area contributed by atoms with Crippen LogP contribution in [0.5, 0.6) is 0 Å². The van der Waals surface area contributed by atoms with Gasteiger partial charge in [-0.05, 0) is 31.0 Å². The number of aromatic nitrogens is 1. The third kappa shape index (κ3) is 3.17. The summed E-state index contributed by atoms with van der Waals surface area (Å²) in [5, 5.41) is 0. The van der Waals surface area contributed by atoms with E-state index in [-0.39, 0.29) is 20.1 Å². The summed E-state index contributed by atoms with van der Waals surface area (Å²) in [7, 11) is 2.34. The van der Waals surface area contributed by atoms with Gasteiger partial charge in [0.25, 0.3) is 0 Å². The predicted molar refractivity (Wildman–Crippen MR) is 79.8 cm³/mol. The van der Waals surface area contributed by atoms with Crippen LogP contribution in [0.4, 0.5) is 5.69 Å². The van der Waals surface area contributed by atoms with Crippen molar-refractivity contribution >= 4 is 5.69 Å². The third-order valence-corrected chi connectivity index (χ3v) is 4.15. The first-order chi connectivity index (χ1) is 9.28. The van der Waals surface area contributed by atoms with E-state index in [4.69, 9.17) is 0 Å². The zero-order chi connectivity index (χ0) is 13.1. The number of hydrogen-bond acceptors (Lipinski definition) is 1. The van der Waals surface area contributed by atoms with Crippen LogP contribution >= 0.6 is 0 Å². The van der Waals surface area contributed by atoms with Gasteiger partial charge in [0.2, 0.25) is 0 Å². The maximum atomic E-state index is 4.42. The van der Waals surface area contributed by atoms with Gasteiger partial charge in [-0.3, -0.25) is 0 Å². The number of benzene rings is 1. The minimum atomic E-state index is 0. The number of nitrogens with zero attached hydrogens (tertiary/aromatic N) is 2. The summed E-state index contributed by atoms with van der Waals surface area (Å²) in [5.41, 5.74) is 3.50. The molecule has 20 heavy (non-hydrogen) atoms. The number of rotatable bonds is 2. The van der Waals surface area contributed by atoms with Crippen LogP contribution in [-0.2, 0) is 20.1 Å². The van der Waals surface area contributed by atoms with Gasteiger partial charge in [-0.15, -0.1) is 17.7 Å². The second-order valence-corrected chi connectivity index (χ2v) is 5.58. The van der Waals surface area contributed by atoms with Crippen LogP contribution in [0.2, 0.25) is 0 Å². The van der Waals surface area contributed by atoms with Crippen LogP contribution < -0.4 is 4.48 Å². The van der Waals surface area contributed by atoms with Crippen molar-refractivity contribution in [3.63, 3.8) is 0 Å². The molecule has 1 aromatic carbocycles. The Balaban J connectivity index is 0.00000147. The summed E-state index contributed by atoms with van der Waals surface area (Å²) >= 11 is 0. The summed E-state index contributed by atoms with van der Waals surface area (Å²) in [4.78, 5) is 4.42. The fourth-order valence-electron chi connectivity index (χ4n) is 2.93. The van der Waals surface area contributed by atoms with Crippen LogP contribution in [0.1, 0.15) is 19.3 Å². The molecule has 0 spiro atoms. The first-order valence-corrected chi connectivity index (χ1v) is 7.06. The number of hydrogen-bond donors (Lipinski definition) is 0. The first kappa shape index (κ1) is 15.4. The molecule has 2 aromatic rings. The topological polar surface area (TPSA) is 12.9 Å². The van der Waals surface area contributed by atoms with Gasteiger partial charge in [-0.25, -0.2) is 0 Å². The molecule has 0 amide bonds. The van der Waals surface area contributed by atoms with E-state index < -0.39 is 0 Å². The fourth-order valence-corrected chi connectivity index (χ4v) is 2.93. The second kappa shape index (κ2) is 6.62. The van der Waals surface area contributed by atoms with E-state index in [1.54, 1.807) is 0 Å². The van der Waals surface area contributed by atoms with Crippen molar-refractivity contribution in [1.82, 2.24) is 9.47 Å². The van der Waals surface area contributed by atoms with Crippen molar-refractivity contribution in [2.45, 2.75) is 19.3 Å². The molecule has 0 bridgehead atoms. The SMILES string of the molecule is C[N+]1(c2cc[c-]c(-c3ccccn3)c2)CCCCC1.[Ir]. The van der Waals surface area contributed by atoms with Crippen molar-refractivity contribution in [2.75, 3.05) is 20.1 Å². The Kier molecular flexibility index (Phi) is 5.09. The molecule has 1 radical (unpaired) electrons. The van der Waals surface area contributed by atoms with E-state index in [0.717, 1.165) is 15.7 Å². The minimum absolute atomic E-state index is 0. The molecule has 1 aliphatic rings. The Morgan fingerprint density at radius 2 is 1.90 bits per heavy atom. The van der Waals surface area contributed by atoms with E-state index in [1.165, 1.54) is 38.0 Å². The van der Waals surface area contributed by atoms with Gasteiger partial charge < -0.3 is 9.47 Å². The normalized spacial score (nSPS) is 17.2. The van der Waals surface area contributed by atoms with Crippen LogP contribution in [0, 0.1) is 6.07 Å². The second-order valence-electron chi connectivity index (χ2n) is 5.58. The standard InChI is InChI=1S/C17H20N2.Ir/c1-19(12-5-2-6-13-19)16-9-7-8-15(14-16)17-10-3-4-11-18-17;/h3-4,7,9-11,14H,2,5-6,12-13H2,1H3;. The Morgan fingerprint density at radius 3 is 2.60 bits per heavy atom. The summed E-state index contributed by atoms with van der Waals surface area (Å²) in [6, 6.07) is 15.8. The van der Waals surface area contributed by atoms with Gasteiger partial charge in [0.15, 0.2) is 0 Å². The van der Waals surface area contributed by atoms with E-state index in [1.807, 2.05) is 30.5 Å². The Morgan fingerprint density at radius 1 is 1.10 bits per heavy atom. The van der Waals surface area contributed by atoms with Gasteiger partial charge in [-0.1, -0.05) is 24.3 Å². The maximum absolute atomic E-state index is 4.42. The summed E-state index contributed by atoms with van der Waals surface area (Å²) in [5.74, 6) is 0. The van der Waals surface area contributed by atoms with Crippen molar-refractivity contribution < 1.29 is 20.1 Å². The number of piperidine rings is 1. The zero-order valence-corrected chi connectivity index (χ0v) is 14.2. The van der Waals surface area contributed by atoms with Gasteiger partial charge in [-0.2, -0.15) is 0 Å². The Hall–Kier alpha value is -1.02. The molecule has 107 valence electrons. The van der Waals surface area contributed by atoms with Gasteiger partial charge in [0.1, 0.15) is 0 Å². The van der Waals surface area contributed by atoms with Gasteiger partial charge in [0, 0.05) is 26.3 Å². The van der Waals surface area contributed by atoms with Crippen LogP contribution in [0.15, 0.2) is 42.6 Å². The molecular weight excluding hydrogens is 424 g/mol. The molecular formula is C17H20IrN2. The molecule has 1 aromatic heterocycles.